The van der Waals surface area contributed by atoms with Crippen LogP contribution in [-0.2, 0) is 11.8 Å². The average Bonchev–Trinajstić information content (AvgIpc) is 3.46. The molecule has 12 nitrogen and oxygen atoms in total. The van der Waals surface area contributed by atoms with Crippen LogP contribution in [0.4, 0.5) is 5.69 Å². The first-order chi connectivity index (χ1) is 20.3. The highest BCUT2D eigenvalue weighted by molar-refractivity contribution is 5.96. The maximum absolute atomic E-state index is 14.1. The van der Waals surface area contributed by atoms with E-state index in [9.17, 15) is 9.59 Å². The van der Waals surface area contributed by atoms with Crippen LogP contribution in [0.2, 0.25) is 0 Å². The first-order valence-electron chi connectivity index (χ1n) is 14.1. The first-order valence-corrected chi connectivity index (χ1v) is 14.1. The van der Waals surface area contributed by atoms with E-state index in [1.54, 1.807) is 57.5 Å². The molecule has 1 saturated carbocycles. The number of ether oxygens (including phenoxy) is 4. The second kappa shape index (κ2) is 12.7. The van der Waals surface area contributed by atoms with Crippen LogP contribution in [0.25, 0.3) is 0 Å². The van der Waals surface area contributed by atoms with Crippen LogP contribution in [0.5, 0.6) is 23.0 Å². The van der Waals surface area contributed by atoms with Crippen LogP contribution in [0, 0.1) is 0 Å². The fourth-order valence-corrected chi connectivity index (χ4v) is 5.75. The Kier molecular flexibility index (Phi) is 8.81. The molecule has 42 heavy (non-hydrogen) atoms. The van der Waals surface area contributed by atoms with E-state index in [-0.39, 0.29) is 29.7 Å². The van der Waals surface area contributed by atoms with Crippen molar-refractivity contribution in [3.05, 3.63) is 54.1 Å². The lowest BCUT2D eigenvalue weighted by Crippen LogP contribution is -2.48. The van der Waals surface area contributed by atoms with Crippen molar-refractivity contribution in [2.24, 2.45) is 7.05 Å². The van der Waals surface area contributed by atoms with Crippen molar-refractivity contribution >= 4 is 17.5 Å². The highest BCUT2D eigenvalue weighted by atomic mass is 16.6. The van der Waals surface area contributed by atoms with Crippen molar-refractivity contribution in [3.63, 3.8) is 0 Å². The number of aryl methyl sites for hydroxylation is 1. The number of nitrogens with one attached hydrogen (secondary N) is 1. The molecule has 3 atom stereocenters. The first kappa shape index (κ1) is 29.2. The Balaban J connectivity index is 1.41. The van der Waals surface area contributed by atoms with E-state index in [1.807, 2.05) is 19.2 Å². The Morgan fingerprint density at radius 3 is 2.50 bits per heavy atom. The quantitative estimate of drug-likeness (QED) is 0.408. The maximum atomic E-state index is 14.1. The molecule has 1 fully saturated rings. The molecule has 2 aliphatic rings. The van der Waals surface area contributed by atoms with Gasteiger partial charge in [0.25, 0.3) is 5.91 Å². The van der Waals surface area contributed by atoms with E-state index in [4.69, 9.17) is 18.9 Å². The van der Waals surface area contributed by atoms with Gasteiger partial charge in [0.05, 0.1) is 14.2 Å². The zero-order valence-electron chi connectivity index (χ0n) is 24.7. The summed E-state index contributed by atoms with van der Waals surface area (Å²) in [7, 11) is 8.65. The number of nitrogens with zero attached hydrogens (tertiary/aromatic N) is 5. The minimum absolute atomic E-state index is 0.0125. The number of fused-ring (bicyclic) bond motifs is 1. The zero-order valence-corrected chi connectivity index (χ0v) is 24.7. The number of methoxy groups -OCH3 is 2. The van der Waals surface area contributed by atoms with Crippen molar-refractivity contribution in [2.45, 2.75) is 43.8 Å². The average molecular weight is 579 g/mol. The lowest BCUT2D eigenvalue weighted by molar-refractivity contribution is -0.122. The van der Waals surface area contributed by atoms with E-state index in [0.29, 0.717) is 53.9 Å². The second-order valence-electron chi connectivity index (χ2n) is 10.7. The van der Waals surface area contributed by atoms with E-state index in [0.717, 1.165) is 19.3 Å². The van der Waals surface area contributed by atoms with E-state index >= 15 is 0 Å². The van der Waals surface area contributed by atoms with Crippen molar-refractivity contribution in [3.8, 4) is 23.0 Å². The molecule has 1 aliphatic heterocycles. The Hall–Kier alpha value is -4.32. The summed E-state index contributed by atoms with van der Waals surface area (Å²) < 4.78 is 24.0. The summed E-state index contributed by atoms with van der Waals surface area (Å²) in [6.07, 6.45) is 4.86. The van der Waals surface area contributed by atoms with Crippen LogP contribution < -0.4 is 24.3 Å². The summed E-state index contributed by atoms with van der Waals surface area (Å²) in [6.45, 7) is 0.944. The molecule has 3 aromatic rings. The van der Waals surface area contributed by atoms with Crippen LogP contribution in [-0.4, -0.2) is 90.0 Å². The lowest BCUT2D eigenvalue weighted by Gasteiger charge is -2.41. The fourth-order valence-electron chi connectivity index (χ4n) is 5.75. The van der Waals surface area contributed by atoms with Crippen molar-refractivity contribution in [1.82, 2.24) is 24.6 Å². The predicted octanol–water partition coefficient (Wildman–Crippen LogP) is 3.30. The largest absolute Gasteiger partial charge is 0.497 e. The fraction of sp³-hybridized carbons (Fsp3) is 0.467. The van der Waals surface area contributed by atoms with Crippen LogP contribution in [0.3, 0.4) is 0 Å². The van der Waals surface area contributed by atoms with Gasteiger partial charge in [-0.3, -0.25) is 19.2 Å². The minimum Gasteiger partial charge on any atom is -0.497 e. The monoisotopic (exact) mass is 578 g/mol. The highest BCUT2D eigenvalue weighted by Crippen LogP contribution is 2.38. The number of hydrogen-bond donors (Lipinski definition) is 1. The molecular weight excluding hydrogens is 540 g/mol. The van der Waals surface area contributed by atoms with E-state index in [1.165, 1.54) is 11.0 Å². The number of likely N-dealkylation sites (N-methyl/N-ethyl adjacent to an activating group) is 1. The topological polar surface area (TPSA) is 120 Å². The molecule has 1 aliphatic carbocycles. The van der Waals surface area contributed by atoms with Crippen molar-refractivity contribution in [2.75, 3.05) is 46.8 Å². The molecule has 1 aromatic heterocycles. The number of carbonyl (C=O) groups excluding carboxylic acids is 2. The van der Waals surface area contributed by atoms with Gasteiger partial charge in [-0.05, 0) is 57.0 Å². The standard InChI is InChI=1S/C30H38N6O6/c1-34-18-31-28(33-34)30(38)36(3)21-8-6-7-20(16-21)35(2)27(23-11-10-22(39-4)17-25(23)40-5)29(37)32-19-9-12-24-26(15-19)42-14-13-41-24/h9-12,15,17-18,20-21,27H,6-8,13-14,16H2,1-5H3,(H,32,37). The third-order valence-corrected chi connectivity index (χ3v) is 8.05. The summed E-state index contributed by atoms with van der Waals surface area (Å²) in [4.78, 5) is 35.2. The summed E-state index contributed by atoms with van der Waals surface area (Å²) >= 11 is 0. The number of amides is 2. The Morgan fingerprint density at radius 1 is 1.02 bits per heavy atom. The molecule has 0 bridgehead atoms. The zero-order chi connectivity index (χ0) is 29.8. The summed E-state index contributed by atoms with van der Waals surface area (Å²) in [5.41, 5.74) is 1.31. The molecule has 0 saturated heterocycles. The molecule has 12 heteroatoms. The van der Waals surface area contributed by atoms with Gasteiger partial charge < -0.3 is 29.2 Å². The molecule has 0 radical (unpaired) electrons. The molecule has 224 valence electrons. The van der Waals surface area contributed by atoms with Gasteiger partial charge in [-0.25, -0.2) is 4.98 Å². The molecule has 3 unspecified atom stereocenters. The van der Waals surface area contributed by atoms with Crippen LogP contribution in [0.1, 0.15) is 47.9 Å². The lowest BCUT2D eigenvalue weighted by atomic mass is 9.87. The maximum Gasteiger partial charge on any atom is 0.293 e. The molecule has 1 N–H and O–H groups in total. The number of hydrogen-bond acceptors (Lipinski definition) is 9. The highest BCUT2D eigenvalue weighted by Gasteiger charge is 2.37. The minimum atomic E-state index is -0.693. The van der Waals surface area contributed by atoms with Gasteiger partial charge in [-0.15, -0.1) is 5.10 Å². The van der Waals surface area contributed by atoms with Crippen molar-refractivity contribution < 1.29 is 28.5 Å². The van der Waals surface area contributed by atoms with Gasteiger partial charge in [0, 0.05) is 49.6 Å². The number of anilines is 1. The molecule has 5 rings (SSSR count). The molecule has 2 heterocycles. The third kappa shape index (κ3) is 6.13. The van der Waals surface area contributed by atoms with Crippen molar-refractivity contribution in [1.29, 1.82) is 0 Å². The molecular formula is C30H38N6O6. The normalized spacial score (nSPS) is 18.7. The second-order valence-corrected chi connectivity index (χ2v) is 10.7. The molecule has 0 spiro atoms. The predicted molar refractivity (Wildman–Crippen MR) is 155 cm³/mol. The number of rotatable bonds is 9. The van der Waals surface area contributed by atoms with Gasteiger partial charge in [0.15, 0.2) is 11.5 Å². The SMILES string of the molecule is COc1ccc(C(C(=O)Nc2ccc3c(c2)OCCO3)N(C)C2CCCC(N(C)C(=O)c3ncn(C)n3)C2)c(OC)c1. The molecule has 2 aromatic carbocycles. The van der Waals surface area contributed by atoms with Crippen LogP contribution >= 0.6 is 0 Å². The molecule has 2 amide bonds. The van der Waals surface area contributed by atoms with Gasteiger partial charge >= 0.3 is 0 Å². The summed E-state index contributed by atoms with van der Waals surface area (Å²) in [5.74, 6) is 2.16. The van der Waals surface area contributed by atoms with E-state index in [2.05, 4.69) is 20.3 Å². The summed E-state index contributed by atoms with van der Waals surface area (Å²) in [6, 6.07) is 10.1. The third-order valence-electron chi connectivity index (χ3n) is 8.05. The Morgan fingerprint density at radius 2 is 1.79 bits per heavy atom. The van der Waals surface area contributed by atoms with Gasteiger partial charge in [-0.1, -0.05) is 0 Å². The number of carbonyl (C=O) groups is 2. The van der Waals surface area contributed by atoms with E-state index < -0.39 is 6.04 Å². The van der Waals surface area contributed by atoms with Gasteiger partial charge in [0.2, 0.25) is 11.7 Å². The van der Waals surface area contributed by atoms with Gasteiger partial charge in [-0.2, -0.15) is 0 Å². The number of aromatic nitrogens is 3. The smallest absolute Gasteiger partial charge is 0.293 e. The van der Waals surface area contributed by atoms with Crippen LogP contribution in [0.15, 0.2) is 42.7 Å². The summed E-state index contributed by atoms with van der Waals surface area (Å²) in [5, 5.41) is 7.26. The Labute approximate surface area is 245 Å². The Bertz CT molecular complexity index is 1430. The van der Waals surface area contributed by atoms with Gasteiger partial charge in [0.1, 0.15) is 37.1 Å². The number of benzene rings is 2.